The van der Waals surface area contributed by atoms with E-state index in [4.69, 9.17) is 12.2 Å². The number of aromatic carboxylic acids is 1. The number of cyclic esters (lactones) is 2. The van der Waals surface area contributed by atoms with Crippen molar-refractivity contribution in [3.8, 4) is 0 Å². The van der Waals surface area contributed by atoms with Crippen LogP contribution in [0, 0.1) is 0 Å². The minimum absolute atomic E-state index is 0.00171. The summed E-state index contributed by atoms with van der Waals surface area (Å²) < 4.78 is 10.6. The van der Waals surface area contributed by atoms with Crippen LogP contribution in [-0.4, -0.2) is 60.4 Å². The Morgan fingerprint density at radius 1 is 1.25 bits per heavy atom. The van der Waals surface area contributed by atoms with Gasteiger partial charge in [0.25, 0.3) is 0 Å². The van der Waals surface area contributed by atoms with Crippen LogP contribution in [0.4, 0.5) is 5.82 Å². The smallest absolute Gasteiger partial charge is 0.365 e. The largest absolute Gasteiger partial charge is 0.477 e. The third kappa shape index (κ3) is 6.56. The minimum Gasteiger partial charge on any atom is -0.477 e. The molecule has 0 amide bonds. The van der Waals surface area contributed by atoms with Gasteiger partial charge in [-0.2, -0.15) is 0 Å². The highest BCUT2D eigenvalue weighted by Crippen LogP contribution is 2.17. The summed E-state index contributed by atoms with van der Waals surface area (Å²) >= 11 is 4.59. The number of hydrogen-bond acceptors (Lipinski definition) is 11. The lowest BCUT2D eigenvalue weighted by Crippen LogP contribution is -2.24. The Kier molecular flexibility index (Phi) is 9.36. The van der Waals surface area contributed by atoms with Crippen molar-refractivity contribution in [3.63, 3.8) is 0 Å². The van der Waals surface area contributed by atoms with Crippen molar-refractivity contribution in [3.05, 3.63) is 29.2 Å². The topological polar surface area (TPSA) is 158 Å². The number of thioether (sulfide) groups is 2. The summed E-state index contributed by atoms with van der Waals surface area (Å²) in [5, 5.41) is 9.53. The molecule has 2 aromatic rings. The third-order valence-electron chi connectivity index (χ3n) is 2.97. The Balaban J connectivity index is 0.000000259. The molecule has 3 heterocycles. The monoisotopic (exact) mass is 538 g/mol. The number of aromatic nitrogens is 4. The number of alkyl halides is 1. The molecule has 3 rings (SSSR count). The van der Waals surface area contributed by atoms with Crippen LogP contribution in [0.15, 0.2) is 22.7 Å². The molecule has 0 aromatic carbocycles. The maximum absolute atomic E-state index is 11.2. The van der Waals surface area contributed by atoms with E-state index in [2.05, 4.69) is 24.7 Å². The Morgan fingerprint density at radius 3 is 2.36 bits per heavy atom. The fourth-order valence-electron chi connectivity index (χ4n) is 1.78. The first-order chi connectivity index (χ1) is 13.8. The van der Waals surface area contributed by atoms with E-state index in [1.807, 2.05) is 22.6 Å². The highest BCUT2D eigenvalue weighted by Gasteiger charge is 2.26. The summed E-state index contributed by atoms with van der Waals surface area (Å²) in [6.07, 6.45) is 6.36. The van der Waals surface area contributed by atoms with Gasteiger partial charge in [0, 0.05) is 19.3 Å². The predicted molar refractivity (Wildman–Crippen MR) is 113 cm³/mol. The van der Waals surface area contributed by atoms with E-state index in [-0.39, 0.29) is 23.5 Å². The number of nitrogens with two attached hydrogens (primary N) is 1. The number of ether oxygens (including phenoxy) is 1. The molecule has 0 spiro atoms. The van der Waals surface area contributed by atoms with Crippen molar-refractivity contribution in [2.24, 2.45) is 0 Å². The Labute approximate surface area is 184 Å². The maximum atomic E-state index is 11.2. The molecule has 10 nitrogen and oxygen atoms in total. The lowest BCUT2D eigenvalue weighted by Gasteiger charge is -2.12. The van der Waals surface area contributed by atoms with E-state index in [0.29, 0.717) is 20.8 Å². The zero-order valence-electron chi connectivity index (χ0n) is 15.7. The quantitative estimate of drug-likeness (QED) is 0.146. The summed E-state index contributed by atoms with van der Waals surface area (Å²) in [5.74, 6) is -2.35. The number of halogens is 1. The van der Waals surface area contributed by atoms with Gasteiger partial charge in [-0.05, 0) is 17.4 Å². The lowest BCUT2D eigenvalue weighted by molar-refractivity contribution is -0.137. The van der Waals surface area contributed by atoms with Gasteiger partial charge < -0.3 is 15.6 Å². The van der Waals surface area contributed by atoms with E-state index < -0.39 is 17.9 Å². The van der Waals surface area contributed by atoms with E-state index in [0.717, 1.165) is 0 Å². The fraction of sp³-hybridized carbons (Fsp3) is 0.267. The molecule has 0 radical (unpaired) electrons. The molecule has 13 heteroatoms. The summed E-state index contributed by atoms with van der Waals surface area (Å²) in [7, 11) is 0. The van der Waals surface area contributed by atoms with Crippen LogP contribution in [0.25, 0.3) is 0 Å². The summed E-state index contributed by atoms with van der Waals surface area (Å²) in [5.41, 5.74) is 6.02. The minimum atomic E-state index is -1.11. The number of rotatable bonds is 3. The molecule has 2 aromatic heterocycles. The first-order valence-corrected chi connectivity index (χ1v) is 11.1. The Hall–Kier alpha value is -2.00. The number of nitrogens with zero attached hydrogens (tertiary/aromatic N) is 4. The van der Waals surface area contributed by atoms with E-state index in [1.165, 1.54) is 35.9 Å². The molecular weight excluding hydrogens is 521 g/mol. The maximum Gasteiger partial charge on any atom is 0.365 e. The average Bonchev–Trinajstić information content (AvgIpc) is 2.68. The van der Waals surface area contributed by atoms with E-state index in [9.17, 15) is 14.4 Å². The third-order valence-corrected chi connectivity index (χ3v) is 4.09. The van der Waals surface area contributed by atoms with Gasteiger partial charge in [-0.1, -0.05) is 46.1 Å². The van der Waals surface area contributed by atoms with Crippen LogP contribution >= 0.6 is 46.1 Å². The highest BCUT2D eigenvalue weighted by molar-refractivity contribution is 14.1. The number of carbonyl (C=O) groups is 3. The Bertz CT molecular complexity index is 905. The number of anilines is 1. The van der Waals surface area contributed by atoms with Gasteiger partial charge in [0.1, 0.15) is 11.4 Å². The first-order valence-electron chi connectivity index (χ1n) is 7.87. The van der Waals surface area contributed by atoms with Gasteiger partial charge in [-0.15, -0.1) is 0 Å². The van der Waals surface area contributed by atoms with Crippen molar-refractivity contribution < 1.29 is 25.6 Å². The number of carbonyl (C=O) groups excluding carboxylic acids is 2. The first kappa shape index (κ1) is 22.3. The zero-order valence-corrected chi connectivity index (χ0v) is 18.5. The molecule has 0 atom stereocenters. The van der Waals surface area contributed by atoms with Gasteiger partial charge in [-0.25, -0.2) is 29.5 Å². The second kappa shape index (κ2) is 11.8. The molecule has 1 aliphatic rings. The number of hydrogen-bond donors (Lipinski definition) is 2. The van der Waals surface area contributed by atoms with Gasteiger partial charge >= 0.3 is 17.9 Å². The van der Waals surface area contributed by atoms with Crippen molar-refractivity contribution in [1.29, 1.82) is 0 Å². The molecule has 0 aliphatic carbocycles. The summed E-state index contributed by atoms with van der Waals surface area (Å²) in [6, 6.07) is 0. The van der Waals surface area contributed by atoms with Crippen LogP contribution in [-0.2, 0) is 16.0 Å². The molecule has 0 saturated carbocycles. The molecule has 150 valence electrons. The number of carboxylic acids is 1. The molecule has 0 saturated heterocycles. The lowest BCUT2D eigenvalue weighted by atomic mass is 10.1. The fourth-order valence-corrected chi connectivity index (χ4v) is 2.47. The second-order valence-corrected chi connectivity index (χ2v) is 6.18. The predicted octanol–water partition coefficient (Wildman–Crippen LogP) is 1.97. The average molecular weight is 538 g/mol. The van der Waals surface area contributed by atoms with Crippen LogP contribution in [0.5, 0.6) is 0 Å². The van der Waals surface area contributed by atoms with Gasteiger partial charge in [0.15, 0.2) is 16.0 Å². The number of fused-ring (bicyclic) bond motifs is 1. The molecule has 28 heavy (non-hydrogen) atoms. The highest BCUT2D eigenvalue weighted by atomic mass is 127. The van der Waals surface area contributed by atoms with Crippen molar-refractivity contribution >= 4 is 69.8 Å². The molecular formula is C15H16IN5O5S2. The number of esters is 2. The van der Waals surface area contributed by atoms with E-state index >= 15 is 0 Å². The van der Waals surface area contributed by atoms with Crippen LogP contribution in [0.3, 0.4) is 0 Å². The van der Waals surface area contributed by atoms with Crippen molar-refractivity contribution in [1.82, 2.24) is 19.9 Å². The van der Waals surface area contributed by atoms with Crippen LogP contribution in [0.2, 0.25) is 0 Å². The zero-order chi connectivity index (χ0) is 22.0. The molecule has 0 fully saturated rings. The van der Waals surface area contributed by atoms with E-state index in [1.54, 1.807) is 12.5 Å². The van der Waals surface area contributed by atoms with Gasteiger partial charge in [-0.3, -0.25) is 4.79 Å². The van der Waals surface area contributed by atoms with Gasteiger partial charge in [0.05, 0.1) is 6.42 Å². The van der Waals surface area contributed by atoms with Crippen LogP contribution in [0.1, 0.15) is 27.8 Å². The number of carboxylic acid groups (broad SMARTS) is 1. The van der Waals surface area contributed by atoms with Crippen molar-refractivity contribution in [2.45, 2.75) is 16.7 Å². The standard InChI is InChI=1S/C8H6N2O3S.C6H7N3O2S.CH3I/c1-14-8-9-3-4-2-5(11)13-7(12)6(4)10-8;1-12-6-8-2-3(5(10)11)4(7)9-6;1-2/h3H,2H2,1H3;2H,1H3,(H,10,11)(H2,7,8,9);1H3/i;;1D. The summed E-state index contributed by atoms with van der Waals surface area (Å²) in [4.78, 5) is 48.5. The van der Waals surface area contributed by atoms with Gasteiger partial charge in [0.2, 0.25) is 0 Å². The summed E-state index contributed by atoms with van der Waals surface area (Å²) in [6.45, 7) is 0. The molecule has 3 N–H and O–H groups in total. The molecule has 0 bridgehead atoms. The molecule has 1 aliphatic heterocycles. The number of nitrogen functional groups attached to an aromatic ring is 1. The normalized spacial score (nSPS) is 12.3. The van der Waals surface area contributed by atoms with Crippen LogP contribution < -0.4 is 5.73 Å². The SMILES string of the molecule is CSc1ncc(C(=O)O)c(N)n1.CSc1ncc2c(n1)C(=O)OC(=O)C2.[2H]CI. The molecule has 0 unspecified atom stereocenters. The Morgan fingerprint density at radius 2 is 1.82 bits per heavy atom. The van der Waals surface area contributed by atoms with Crippen molar-refractivity contribution in [2.75, 3.05) is 23.2 Å². The second-order valence-electron chi connectivity index (χ2n) is 4.63.